The number of hydrogen-bond donors (Lipinski definition) is 1. The molecule has 9 heteroatoms. The summed E-state index contributed by atoms with van der Waals surface area (Å²) in [5, 5.41) is 2.69. The van der Waals surface area contributed by atoms with Crippen molar-refractivity contribution in [3.63, 3.8) is 0 Å². The quantitative estimate of drug-likeness (QED) is 0.516. The predicted molar refractivity (Wildman–Crippen MR) is 119 cm³/mol. The third kappa shape index (κ3) is 4.46. The average Bonchev–Trinajstić information content (AvgIpc) is 3.52. The van der Waals surface area contributed by atoms with E-state index in [1.54, 1.807) is 30.3 Å². The Morgan fingerprint density at radius 3 is 2.32 bits per heavy atom. The topological polar surface area (TPSA) is 111 Å². The van der Waals surface area contributed by atoms with Crippen LogP contribution in [-0.2, 0) is 25.7 Å². The molecule has 1 spiro atoms. The molecule has 0 bridgehead atoms. The van der Waals surface area contributed by atoms with Crippen molar-refractivity contribution in [1.29, 1.82) is 0 Å². The Morgan fingerprint density at radius 1 is 0.941 bits per heavy atom. The minimum absolute atomic E-state index is 0.173. The first kappa shape index (κ1) is 21.9. The molecule has 2 aromatic carbocycles. The Morgan fingerprint density at radius 2 is 1.62 bits per heavy atom. The maximum Gasteiger partial charge on any atom is 0.338 e. The van der Waals surface area contributed by atoms with E-state index in [2.05, 4.69) is 5.32 Å². The Bertz CT molecular complexity index is 1140. The molecule has 1 saturated heterocycles. The van der Waals surface area contributed by atoms with E-state index in [0.29, 0.717) is 17.2 Å². The van der Waals surface area contributed by atoms with Crippen molar-refractivity contribution < 1.29 is 33.4 Å². The molecule has 34 heavy (non-hydrogen) atoms. The van der Waals surface area contributed by atoms with Gasteiger partial charge in [-0.3, -0.25) is 19.3 Å². The number of amides is 3. The highest BCUT2D eigenvalue weighted by molar-refractivity contribution is 6.01. The molecule has 2 aliphatic heterocycles. The first-order valence-electron chi connectivity index (χ1n) is 11.3. The summed E-state index contributed by atoms with van der Waals surface area (Å²) >= 11 is 0. The van der Waals surface area contributed by atoms with Crippen LogP contribution in [0.5, 0.6) is 11.5 Å². The standard InChI is InChI=1S/C25H24N2O7/c28-21(26-18-7-8-19-20(13-18)34-25(33-19)11-1-2-12-25)15-32-24(31)17-5-3-16(4-6-17)14-27-22(29)9-10-23(27)30/h3-8,13H,1-2,9-12,14-15H2,(H,26,28). The third-order valence-corrected chi connectivity index (χ3v) is 6.20. The zero-order valence-electron chi connectivity index (χ0n) is 18.5. The number of nitrogens with zero attached hydrogens (tertiary/aromatic N) is 1. The van der Waals surface area contributed by atoms with Crippen LogP contribution in [0.25, 0.3) is 0 Å². The number of imide groups is 1. The molecule has 0 aromatic heterocycles. The number of rotatable bonds is 6. The SMILES string of the molecule is O=C(COC(=O)c1ccc(CN2C(=O)CCC2=O)cc1)Nc1ccc2c(c1)OC1(CCCC1)O2. The molecule has 5 rings (SSSR count). The molecular formula is C25H24N2O7. The zero-order chi connectivity index (χ0) is 23.7. The van der Waals surface area contributed by atoms with Gasteiger partial charge in [0.1, 0.15) is 0 Å². The number of fused-ring (bicyclic) bond motifs is 1. The van der Waals surface area contributed by atoms with Gasteiger partial charge in [0.15, 0.2) is 18.1 Å². The summed E-state index contributed by atoms with van der Waals surface area (Å²) in [4.78, 5) is 49.3. The smallest absolute Gasteiger partial charge is 0.338 e. The van der Waals surface area contributed by atoms with Crippen molar-refractivity contribution in [1.82, 2.24) is 4.90 Å². The minimum atomic E-state index is -0.649. The summed E-state index contributed by atoms with van der Waals surface area (Å²) < 4.78 is 17.1. The number of carbonyl (C=O) groups is 4. The van der Waals surface area contributed by atoms with Crippen LogP contribution in [0.4, 0.5) is 5.69 Å². The fraction of sp³-hybridized carbons (Fsp3) is 0.360. The van der Waals surface area contributed by atoms with E-state index in [4.69, 9.17) is 14.2 Å². The number of carbonyl (C=O) groups excluding carboxylic acids is 4. The van der Waals surface area contributed by atoms with E-state index >= 15 is 0 Å². The van der Waals surface area contributed by atoms with Crippen LogP contribution in [-0.4, -0.2) is 41.0 Å². The van der Waals surface area contributed by atoms with Crippen LogP contribution in [0.2, 0.25) is 0 Å². The van der Waals surface area contributed by atoms with Crippen LogP contribution in [0.1, 0.15) is 54.4 Å². The van der Waals surface area contributed by atoms with Gasteiger partial charge in [0.05, 0.1) is 12.1 Å². The third-order valence-electron chi connectivity index (χ3n) is 6.20. The fourth-order valence-electron chi connectivity index (χ4n) is 4.43. The number of ether oxygens (including phenoxy) is 3. The first-order chi connectivity index (χ1) is 16.4. The lowest BCUT2D eigenvalue weighted by Crippen LogP contribution is -2.34. The molecule has 2 fully saturated rings. The fourth-order valence-corrected chi connectivity index (χ4v) is 4.43. The maximum absolute atomic E-state index is 12.3. The Kier molecular flexibility index (Phi) is 5.69. The van der Waals surface area contributed by atoms with Crippen molar-refractivity contribution in [2.75, 3.05) is 11.9 Å². The maximum atomic E-state index is 12.3. The van der Waals surface area contributed by atoms with Crippen molar-refractivity contribution in [2.24, 2.45) is 0 Å². The van der Waals surface area contributed by atoms with Crippen molar-refractivity contribution >= 4 is 29.4 Å². The molecule has 3 amide bonds. The molecule has 176 valence electrons. The van der Waals surface area contributed by atoms with E-state index in [1.165, 1.54) is 17.0 Å². The second-order valence-corrected chi connectivity index (χ2v) is 8.68. The van der Waals surface area contributed by atoms with Gasteiger partial charge in [0.25, 0.3) is 11.7 Å². The second-order valence-electron chi connectivity index (χ2n) is 8.68. The molecule has 1 aliphatic carbocycles. The van der Waals surface area contributed by atoms with E-state index in [-0.39, 0.29) is 36.8 Å². The van der Waals surface area contributed by atoms with Gasteiger partial charge in [-0.2, -0.15) is 0 Å². The number of likely N-dealkylation sites (tertiary alicyclic amines) is 1. The highest BCUT2D eigenvalue weighted by Gasteiger charge is 2.44. The normalized spacial score (nSPS) is 17.9. The van der Waals surface area contributed by atoms with Gasteiger partial charge in [0.2, 0.25) is 11.8 Å². The molecule has 2 heterocycles. The van der Waals surface area contributed by atoms with Gasteiger partial charge in [-0.05, 0) is 42.7 Å². The molecule has 3 aliphatic rings. The Hall–Kier alpha value is -3.88. The van der Waals surface area contributed by atoms with Gasteiger partial charge in [-0.1, -0.05) is 12.1 Å². The van der Waals surface area contributed by atoms with Gasteiger partial charge in [-0.15, -0.1) is 0 Å². The minimum Gasteiger partial charge on any atom is -0.452 e. The largest absolute Gasteiger partial charge is 0.452 e. The van der Waals surface area contributed by atoms with Crippen LogP contribution < -0.4 is 14.8 Å². The monoisotopic (exact) mass is 464 g/mol. The molecule has 0 radical (unpaired) electrons. The molecule has 1 saturated carbocycles. The summed E-state index contributed by atoms with van der Waals surface area (Å²) in [6.45, 7) is -0.276. The van der Waals surface area contributed by atoms with Crippen LogP contribution in [0.3, 0.4) is 0 Å². The number of esters is 1. The van der Waals surface area contributed by atoms with Crippen molar-refractivity contribution in [2.45, 2.75) is 50.9 Å². The Labute approximate surface area is 196 Å². The molecule has 1 N–H and O–H groups in total. The van der Waals surface area contributed by atoms with E-state index in [0.717, 1.165) is 31.2 Å². The summed E-state index contributed by atoms with van der Waals surface area (Å²) in [5.74, 6) is -0.841. The molecular weight excluding hydrogens is 440 g/mol. The highest BCUT2D eigenvalue weighted by Crippen LogP contribution is 2.47. The van der Waals surface area contributed by atoms with Gasteiger partial charge >= 0.3 is 5.97 Å². The summed E-state index contributed by atoms with van der Waals surface area (Å²) in [6, 6.07) is 11.6. The van der Waals surface area contributed by atoms with E-state index in [1.807, 2.05) is 0 Å². The summed E-state index contributed by atoms with van der Waals surface area (Å²) in [5.41, 5.74) is 1.51. The average molecular weight is 464 g/mol. The number of nitrogens with one attached hydrogen (secondary N) is 1. The highest BCUT2D eigenvalue weighted by atomic mass is 16.7. The van der Waals surface area contributed by atoms with Gasteiger partial charge < -0.3 is 19.5 Å². The number of hydrogen-bond acceptors (Lipinski definition) is 7. The predicted octanol–water partition coefficient (Wildman–Crippen LogP) is 3.17. The molecule has 9 nitrogen and oxygen atoms in total. The number of benzene rings is 2. The molecule has 0 atom stereocenters. The van der Waals surface area contributed by atoms with E-state index in [9.17, 15) is 19.2 Å². The first-order valence-corrected chi connectivity index (χ1v) is 11.3. The molecule has 0 unspecified atom stereocenters. The van der Waals surface area contributed by atoms with Gasteiger partial charge in [-0.25, -0.2) is 4.79 Å². The van der Waals surface area contributed by atoms with Gasteiger partial charge in [0, 0.05) is 37.4 Å². The van der Waals surface area contributed by atoms with Crippen LogP contribution in [0.15, 0.2) is 42.5 Å². The summed E-state index contributed by atoms with van der Waals surface area (Å²) in [7, 11) is 0. The Balaban J connectivity index is 1.12. The van der Waals surface area contributed by atoms with Crippen LogP contribution >= 0.6 is 0 Å². The van der Waals surface area contributed by atoms with Crippen LogP contribution in [0, 0.1) is 0 Å². The lowest BCUT2D eigenvalue weighted by molar-refractivity contribution is -0.139. The molecule has 2 aromatic rings. The summed E-state index contributed by atoms with van der Waals surface area (Å²) in [6.07, 6.45) is 4.27. The number of anilines is 1. The lowest BCUT2D eigenvalue weighted by Gasteiger charge is -2.21. The van der Waals surface area contributed by atoms with E-state index < -0.39 is 24.3 Å². The lowest BCUT2D eigenvalue weighted by atomic mass is 10.1. The van der Waals surface area contributed by atoms with Crippen molar-refractivity contribution in [3.8, 4) is 11.5 Å². The second kappa shape index (κ2) is 8.81. The zero-order valence-corrected chi connectivity index (χ0v) is 18.5. The van der Waals surface area contributed by atoms with Crippen molar-refractivity contribution in [3.05, 3.63) is 53.6 Å².